The van der Waals surface area contributed by atoms with Gasteiger partial charge in [-0.3, -0.25) is 0 Å². The van der Waals surface area contributed by atoms with Crippen LogP contribution in [0.25, 0.3) is 11.1 Å². The van der Waals surface area contributed by atoms with E-state index in [0.29, 0.717) is 28.2 Å². The molecule has 1 heterocycles. The lowest BCUT2D eigenvalue weighted by Gasteiger charge is -2.20. The molecule has 3 rings (SSSR count). The number of hydrogen-bond acceptors (Lipinski definition) is 5. The van der Waals surface area contributed by atoms with E-state index < -0.39 is 16.1 Å². The van der Waals surface area contributed by atoms with Crippen LogP contribution >= 0.6 is 0 Å². The molecule has 0 aliphatic carbocycles. The zero-order valence-electron chi connectivity index (χ0n) is 17.8. The molecule has 1 aromatic heterocycles. The third-order valence-electron chi connectivity index (χ3n) is 4.78. The van der Waals surface area contributed by atoms with E-state index in [-0.39, 0.29) is 17.6 Å². The number of benzene rings is 2. The van der Waals surface area contributed by atoms with Crippen LogP contribution in [0.4, 0.5) is 10.5 Å². The third-order valence-corrected chi connectivity index (χ3v) is 5.99. The van der Waals surface area contributed by atoms with Gasteiger partial charge >= 0.3 is 6.03 Å². The molecular formula is C22H27N3O4S. The molecule has 30 heavy (non-hydrogen) atoms. The summed E-state index contributed by atoms with van der Waals surface area (Å²) in [6.07, 6.45) is 0. The number of fused-ring (bicyclic) bond motifs is 1. The number of aromatic nitrogens is 1. The van der Waals surface area contributed by atoms with Crippen LogP contribution in [0.5, 0.6) is 0 Å². The van der Waals surface area contributed by atoms with E-state index in [1.54, 1.807) is 25.1 Å². The minimum absolute atomic E-state index is 0.174. The predicted molar refractivity (Wildman–Crippen MR) is 118 cm³/mol. The van der Waals surface area contributed by atoms with Crippen molar-refractivity contribution in [1.29, 1.82) is 0 Å². The van der Waals surface area contributed by atoms with Crippen LogP contribution in [0.1, 0.15) is 62.1 Å². The molecule has 0 spiro atoms. The van der Waals surface area contributed by atoms with Crippen molar-refractivity contribution in [3.8, 4) is 0 Å². The highest BCUT2D eigenvalue weighted by molar-refractivity contribution is 7.89. The van der Waals surface area contributed by atoms with Crippen LogP contribution in [0.2, 0.25) is 0 Å². The maximum atomic E-state index is 12.6. The zero-order chi connectivity index (χ0) is 22.1. The summed E-state index contributed by atoms with van der Waals surface area (Å²) in [7, 11) is -3.91. The van der Waals surface area contributed by atoms with Crippen molar-refractivity contribution in [2.45, 2.75) is 52.2 Å². The Balaban J connectivity index is 1.78. The molecular weight excluding hydrogens is 402 g/mol. The first-order valence-corrected chi connectivity index (χ1v) is 11.5. The average Bonchev–Trinajstić information content (AvgIpc) is 2.99. The number of urea groups is 1. The first kappa shape index (κ1) is 21.8. The Morgan fingerprint density at radius 3 is 2.30 bits per heavy atom. The Bertz CT molecular complexity index is 1150. The Labute approximate surface area is 176 Å². The summed E-state index contributed by atoms with van der Waals surface area (Å²) >= 11 is 0. The molecule has 0 fully saturated rings. The number of nitrogens with one attached hydrogen (secondary N) is 2. The van der Waals surface area contributed by atoms with Gasteiger partial charge in [0.25, 0.3) is 0 Å². The second-order valence-corrected chi connectivity index (χ2v) is 9.69. The molecule has 0 aliphatic heterocycles. The lowest BCUT2D eigenvalue weighted by Crippen LogP contribution is -2.35. The molecule has 3 aromatic rings. The summed E-state index contributed by atoms with van der Waals surface area (Å²) in [5, 5.41) is 2.76. The molecule has 2 aromatic carbocycles. The van der Waals surface area contributed by atoms with Crippen molar-refractivity contribution in [3.05, 3.63) is 59.0 Å². The van der Waals surface area contributed by atoms with Gasteiger partial charge in [0.1, 0.15) is 5.52 Å². The molecule has 0 unspecified atom stereocenters. The van der Waals surface area contributed by atoms with E-state index in [4.69, 9.17) is 4.42 Å². The van der Waals surface area contributed by atoms with Crippen LogP contribution in [0, 0.1) is 6.92 Å². The van der Waals surface area contributed by atoms with Gasteiger partial charge in [-0.15, -0.1) is 0 Å². The molecule has 160 valence electrons. The highest BCUT2D eigenvalue weighted by Crippen LogP contribution is 2.32. The second kappa shape index (κ2) is 8.47. The fourth-order valence-electron chi connectivity index (χ4n) is 3.41. The largest absolute Gasteiger partial charge is 0.441 e. The minimum atomic E-state index is -3.91. The monoisotopic (exact) mass is 429 g/mol. The number of para-hydroxylation sites is 1. The van der Waals surface area contributed by atoms with E-state index in [2.05, 4.69) is 15.0 Å². The van der Waals surface area contributed by atoms with Gasteiger partial charge in [0.15, 0.2) is 11.5 Å². The number of carbonyl (C=O) groups excluding carboxylic acids is 1. The summed E-state index contributed by atoms with van der Waals surface area (Å²) in [5.74, 6) is 0.506. The Morgan fingerprint density at radius 2 is 1.70 bits per heavy atom. The average molecular weight is 430 g/mol. The summed E-state index contributed by atoms with van der Waals surface area (Å²) in [6, 6.07) is 10.0. The quantitative estimate of drug-likeness (QED) is 0.572. The van der Waals surface area contributed by atoms with Crippen molar-refractivity contribution in [2.24, 2.45) is 0 Å². The molecule has 0 saturated carbocycles. The lowest BCUT2D eigenvalue weighted by molar-refractivity contribution is 0.256. The number of anilines is 1. The van der Waals surface area contributed by atoms with Crippen molar-refractivity contribution in [1.82, 2.24) is 9.71 Å². The first-order valence-electron chi connectivity index (χ1n) is 9.86. The maximum Gasteiger partial charge on any atom is 0.332 e. The van der Waals surface area contributed by atoms with Gasteiger partial charge in [0, 0.05) is 12.6 Å². The van der Waals surface area contributed by atoms with Crippen molar-refractivity contribution < 1.29 is 17.6 Å². The van der Waals surface area contributed by atoms with Gasteiger partial charge in [-0.05, 0) is 40.7 Å². The number of hydrogen-bond donors (Lipinski definition) is 2. The van der Waals surface area contributed by atoms with Gasteiger partial charge in [-0.2, -0.15) is 0 Å². The zero-order valence-corrected chi connectivity index (χ0v) is 18.6. The van der Waals surface area contributed by atoms with Crippen LogP contribution < -0.4 is 10.0 Å². The lowest BCUT2D eigenvalue weighted by atomic mass is 9.93. The van der Waals surface area contributed by atoms with Crippen LogP contribution in [0.3, 0.4) is 0 Å². The summed E-state index contributed by atoms with van der Waals surface area (Å²) in [6.45, 7) is 9.84. The highest BCUT2D eigenvalue weighted by atomic mass is 32.2. The van der Waals surface area contributed by atoms with E-state index in [1.165, 1.54) is 0 Å². The maximum absolute atomic E-state index is 12.6. The number of aryl methyl sites for hydroxylation is 1. The second-order valence-electron chi connectivity index (χ2n) is 7.97. The number of amides is 2. The number of nitrogens with zero attached hydrogens (tertiary/aromatic N) is 1. The fraction of sp³-hybridized carbons (Fsp3) is 0.364. The molecule has 0 bridgehead atoms. The summed E-state index contributed by atoms with van der Waals surface area (Å²) in [4.78, 5) is 16.7. The van der Waals surface area contributed by atoms with E-state index in [0.717, 1.165) is 11.1 Å². The minimum Gasteiger partial charge on any atom is -0.441 e. The number of sulfonamides is 1. The van der Waals surface area contributed by atoms with E-state index in [1.807, 2.05) is 45.9 Å². The van der Waals surface area contributed by atoms with Gasteiger partial charge < -0.3 is 9.73 Å². The molecule has 8 heteroatoms. The Hall–Kier alpha value is -2.87. The predicted octanol–water partition coefficient (Wildman–Crippen LogP) is 5.03. The first-order chi connectivity index (χ1) is 14.1. The Morgan fingerprint density at radius 1 is 1.07 bits per heavy atom. The van der Waals surface area contributed by atoms with Crippen molar-refractivity contribution in [2.75, 3.05) is 5.32 Å². The van der Waals surface area contributed by atoms with Gasteiger partial charge in [0.05, 0.1) is 5.75 Å². The summed E-state index contributed by atoms with van der Waals surface area (Å²) in [5.41, 5.74) is 4.25. The number of rotatable bonds is 6. The molecule has 0 atom stereocenters. The normalized spacial score (nSPS) is 12.0. The third kappa shape index (κ3) is 4.99. The van der Waals surface area contributed by atoms with E-state index in [9.17, 15) is 13.2 Å². The number of oxazole rings is 1. The van der Waals surface area contributed by atoms with Gasteiger partial charge in [-0.1, -0.05) is 52.0 Å². The van der Waals surface area contributed by atoms with Gasteiger partial charge in [-0.25, -0.2) is 22.9 Å². The summed E-state index contributed by atoms with van der Waals surface area (Å²) < 4.78 is 32.7. The van der Waals surface area contributed by atoms with Crippen molar-refractivity contribution in [3.63, 3.8) is 0 Å². The standard InChI is InChI=1S/C22H27N3O4S/c1-13(2)17-7-6-8-18(14(3)4)21(17)24-22(26)25-30(27,28)12-16-9-10-19-20(11-16)29-15(5)23-19/h6-11,13-14H,12H2,1-5H3,(H2,24,25,26). The smallest absolute Gasteiger partial charge is 0.332 e. The van der Waals surface area contributed by atoms with Gasteiger partial charge in [0.2, 0.25) is 10.0 Å². The molecule has 2 N–H and O–H groups in total. The molecule has 0 saturated heterocycles. The van der Waals surface area contributed by atoms with Crippen LogP contribution in [-0.2, 0) is 15.8 Å². The van der Waals surface area contributed by atoms with E-state index >= 15 is 0 Å². The highest BCUT2D eigenvalue weighted by Gasteiger charge is 2.20. The molecule has 2 amide bonds. The molecule has 0 aliphatic rings. The van der Waals surface area contributed by atoms with Crippen LogP contribution in [-0.4, -0.2) is 19.4 Å². The molecule has 0 radical (unpaired) electrons. The topological polar surface area (TPSA) is 101 Å². The fourth-order valence-corrected chi connectivity index (χ4v) is 4.43. The van der Waals surface area contributed by atoms with Crippen LogP contribution in [0.15, 0.2) is 40.8 Å². The molecule has 7 nitrogen and oxygen atoms in total. The number of carbonyl (C=O) groups is 1. The SMILES string of the molecule is Cc1nc2ccc(CS(=O)(=O)NC(=O)Nc3c(C(C)C)cccc3C(C)C)cc2o1. The van der Waals surface area contributed by atoms with Crippen molar-refractivity contribution >= 4 is 32.8 Å². The Kier molecular flexibility index (Phi) is 6.17.